The first-order chi connectivity index (χ1) is 18.9. The first-order valence-electron chi connectivity index (χ1n) is 13.9. The zero-order chi connectivity index (χ0) is 29.9. The molecule has 0 saturated heterocycles. The highest BCUT2D eigenvalue weighted by atomic mass is 32.2. The molecule has 0 saturated carbocycles. The number of nitrogens with one attached hydrogen (secondary N) is 1. The van der Waals surface area contributed by atoms with Crippen LogP contribution in [0, 0.1) is 11.8 Å². The van der Waals surface area contributed by atoms with E-state index in [2.05, 4.69) is 5.32 Å². The van der Waals surface area contributed by atoms with Crippen molar-refractivity contribution in [3.8, 4) is 5.75 Å². The number of hydrogen-bond acceptors (Lipinski definition) is 8. The van der Waals surface area contributed by atoms with Gasteiger partial charge in [-0.15, -0.1) is 0 Å². The minimum atomic E-state index is -3.93. The molecule has 0 bridgehead atoms. The summed E-state index contributed by atoms with van der Waals surface area (Å²) in [7, 11) is -6.00. The highest BCUT2D eigenvalue weighted by Crippen LogP contribution is 2.54. The van der Waals surface area contributed by atoms with Crippen molar-refractivity contribution in [3.05, 3.63) is 60.2 Å². The maximum Gasteiger partial charge on any atom is 0.347 e. The van der Waals surface area contributed by atoms with E-state index < -0.39 is 35.5 Å². The van der Waals surface area contributed by atoms with Gasteiger partial charge >= 0.3 is 7.60 Å². The van der Waals surface area contributed by atoms with Crippen molar-refractivity contribution in [3.63, 3.8) is 0 Å². The third-order valence-corrected chi connectivity index (χ3v) is 10.9. The predicted molar refractivity (Wildman–Crippen MR) is 159 cm³/mol. The Balaban J connectivity index is 2.46. The Kier molecular flexibility index (Phi) is 13.8. The van der Waals surface area contributed by atoms with Crippen LogP contribution in [0.2, 0.25) is 0 Å². The van der Waals surface area contributed by atoms with E-state index in [1.54, 1.807) is 26.0 Å². The summed E-state index contributed by atoms with van der Waals surface area (Å²) >= 11 is 0. The van der Waals surface area contributed by atoms with Crippen molar-refractivity contribution in [2.24, 2.45) is 11.8 Å². The van der Waals surface area contributed by atoms with Gasteiger partial charge in [-0.1, -0.05) is 58.0 Å². The normalized spacial score (nSPS) is 15.0. The van der Waals surface area contributed by atoms with Crippen LogP contribution >= 0.6 is 7.60 Å². The lowest BCUT2D eigenvalue weighted by Crippen LogP contribution is -2.53. The van der Waals surface area contributed by atoms with Crippen molar-refractivity contribution in [2.75, 3.05) is 33.4 Å². The largest absolute Gasteiger partial charge is 0.497 e. The Labute approximate surface area is 240 Å². The summed E-state index contributed by atoms with van der Waals surface area (Å²) in [5.41, 5.74) is 0.942. The maximum absolute atomic E-state index is 13.8. The second-order valence-electron chi connectivity index (χ2n) is 10.5. The molecule has 11 heteroatoms. The average Bonchev–Trinajstić information content (AvgIpc) is 2.90. The third kappa shape index (κ3) is 9.65. The topological polar surface area (TPSA) is 114 Å². The maximum atomic E-state index is 13.8. The molecule has 0 aromatic heterocycles. The molecule has 0 radical (unpaired) electrons. The first kappa shape index (κ1) is 34.4. The molecule has 0 aliphatic carbocycles. The first-order valence-corrected chi connectivity index (χ1v) is 16.9. The predicted octanol–water partition coefficient (Wildman–Crippen LogP) is 5.15. The Hall–Kier alpha value is -1.78. The van der Waals surface area contributed by atoms with Gasteiger partial charge in [0.05, 0.1) is 31.3 Å². The molecule has 3 atom stereocenters. The molecule has 9 nitrogen and oxygen atoms in total. The van der Waals surface area contributed by atoms with Gasteiger partial charge in [0.2, 0.25) is 10.0 Å². The molecule has 0 spiro atoms. The molecule has 0 aliphatic heterocycles. The number of nitrogens with zero attached hydrogens (tertiary/aromatic N) is 1. The number of sulfonamides is 1. The van der Waals surface area contributed by atoms with Crippen LogP contribution in [0.4, 0.5) is 0 Å². The summed E-state index contributed by atoms with van der Waals surface area (Å²) in [6.45, 7) is 11.7. The molecular weight excluding hydrogens is 551 g/mol. The number of methoxy groups -OCH3 is 1. The van der Waals surface area contributed by atoms with Crippen LogP contribution in [0.25, 0.3) is 0 Å². The fourth-order valence-electron chi connectivity index (χ4n) is 4.51. The van der Waals surface area contributed by atoms with Crippen molar-refractivity contribution >= 4 is 17.6 Å². The van der Waals surface area contributed by atoms with E-state index in [1.807, 2.05) is 58.0 Å². The summed E-state index contributed by atoms with van der Waals surface area (Å²) in [6, 6.07) is 15.2. The minimum absolute atomic E-state index is 0.0142. The summed E-state index contributed by atoms with van der Waals surface area (Å²) < 4.78 is 59.1. The van der Waals surface area contributed by atoms with Crippen LogP contribution in [0.15, 0.2) is 59.5 Å². The molecule has 2 rings (SSSR count). The van der Waals surface area contributed by atoms with Crippen LogP contribution in [0.5, 0.6) is 5.75 Å². The third-order valence-electron chi connectivity index (χ3n) is 6.39. The summed E-state index contributed by atoms with van der Waals surface area (Å²) in [4.78, 5) is 0.117. The summed E-state index contributed by atoms with van der Waals surface area (Å²) in [5, 5.41) is 15.0. The molecule has 2 N–H and O–H groups in total. The molecule has 0 amide bonds. The summed E-state index contributed by atoms with van der Waals surface area (Å²) in [6.07, 6.45) is -0.758. The zero-order valence-corrected chi connectivity index (χ0v) is 26.5. The lowest BCUT2D eigenvalue weighted by Gasteiger charge is -2.36. The molecule has 226 valence electrons. The van der Waals surface area contributed by atoms with Gasteiger partial charge in [-0.3, -0.25) is 9.88 Å². The average molecular weight is 599 g/mol. The smallest absolute Gasteiger partial charge is 0.347 e. The van der Waals surface area contributed by atoms with Crippen molar-refractivity contribution in [1.29, 1.82) is 0 Å². The van der Waals surface area contributed by atoms with Gasteiger partial charge in [-0.05, 0) is 61.9 Å². The van der Waals surface area contributed by atoms with E-state index in [-0.39, 0.29) is 43.0 Å². The monoisotopic (exact) mass is 598 g/mol. The Morgan fingerprint density at radius 3 is 1.98 bits per heavy atom. The van der Waals surface area contributed by atoms with Gasteiger partial charge in [0.25, 0.3) is 0 Å². The number of aliphatic hydroxyl groups excluding tert-OH is 1. The molecule has 0 aliphatic rings. The van der Waals surface area contributed by atoms with Crippen molar-refractivity contribution in [2.45, 2.75) is 70.8 Å². The lowest BCUT2D eigenvalue weighted by atomic mass is 10.00. The number of ether oxygens (including phenoxy) is 1. The molecule has 0 fully saturated rings. The number of rotatable bonds is 18. The van der Waals surface area contributed by atoms with E-state index in [4.69, 9.17) is 13.8 Å². The highest BCUT2D eigenvalue weighted by molar-refractivity contribution is 7.89. The number of benzene rings is 2. The van der Waals surface area contributed by atoms with Gasteiger partial charge in [-0.2, -0.15) is 4.31 Å². The second kappa shape index (κ2) is 16.0. The number of aliphatic hydroxyl groups is 1. The molecule has 2 aromatic rings. The molecule has 1 unspecified atom stereocenters. The van der Waals surface area contributed by atoms with Gasteiger partial charge < -0.3 is 18.9 Å². The van der Waals surface area contributed by atoms with Gasteiger partial charge in [0, 0.05) is 19.1 Å². The Bertz CT molecular complexity index is 1150. The van der Waals surface area contributed by atoms with E-state index in [9.17, 15) is 18.1 Å². The lowest BCUT2D eigenvalue weighted by molar-refractivity contribution is 0.0938. The van der Waals surface area contributed by atoms with Gasteiger partial charge in [0.15, 0.2) is 0 Å². The van der Waals surface area contributed by atoms with Gasteiger partial charge in [-0.25, -0.2) is 8.42 Å². The molecule has 2 aromatic carbocycles. The Morgan fingerprint density at radius 1 is 0.925 bits per heavy atom. The molecular formula is C29H47N2O7PS. The zero-order valence-electron chi connectivity index (χ0n) is 24.8. The number of hydrogen-bond donors (Lipinski definition) is 2. The van der Waals surface area contributed by atoms with E-state index >= 15 is 0 Å². The molecule has 40 heavy (non-hydrogen) atoms. The fourth-order valence-corrected chi connectivity index (χ4v) is 8.35. The molecule has 0 heterocycles. The van der Waals surface area contributed by atoms with E-state index in [0.29, 0.717) is 12.2 Å². The SMILES string of the molecule is CCOP(=O)(OCC)C(N[C@@H](Cc1ccccc1)[C@H](O)CN(CC(C)C)S(=O)(=O)c1ccc(OC)cc1)C(C)C. The van der Waals surface area contributed by atoms with Crippen LogP contribution in [-0.2, 0) is 30.1 Å². The van der Waals surface area contributed by atoms with Crippen molar-refractivity contribution < 1.29 is 31.9 Å². The second-order valence-corrected chi connectivity index (χ2v) is 14.6. The quantitative estimate of drug-likeness (QED) is 0.227. The van der Waals surface area contributed by atoms with E-state index in [1.165, 1.54) is 23.5 Å². The van der Waals surface area contributed by atoms with E-state index in [0.717, 1.165) is 5.56 Å². The van der Waals surface area contributed by atoms with Crippen LogP contribution in [0.3, 0.4) is 0 Å². The van der Waals surface area contributed by atoms with Crippen molar-refractivity contribution in [1.82, 2.24) is 9.62 Å². The minimum Gasteiger partial charge on any atom is -0.497 e. The summed E-state index contributed by atoms with van der Waals surface area (Å²) in [5.74, 6) is -0.314. The highest BCUT2D eigenvalue weighted by Gasteiger charge is 2.41. The van der Waals surface area contributed by atoms with Crippen LogP contribution in [-0.4, -0.2) is 69.2 Å². The van der Waals surface area contributed by atoms with Crippen LogP contribution < -0.4 is 10.1 Å². The Morgan fingerprint density at radius 2 is 1.50 bits per heavy atom. The van der Waals surface area contributed by atoms with Crippen LogP contribution in [0.1, 0.15) is 47.1 Å². The standard InChI is InChI=1S/C29H47N2O7PS/c1-8-37-39(33,38-9-2)29(23(5)6)30-27(19-24-13-11-10-12-14-24)28(32)21-31(20-22(3)4)40(34,35)26-17-15-25(36-7)16-18-26/h10-18,22-23,27-30,32H,8-9,19-21H2,1-7H3/t27-,28+,29?/m0/s1. The van der Waals surface area contributed by atoms with Gasteiger partial charge in [0.1, 0.15) is 11.5 Å². The fraction of sp³-hybridized carbons (Fsp3) is 0.586.